The smallest absolute Gasteiger partial charge is 0.221 e. The van der Waals surface area contributed by atoms with Crippen LogP contribution in [0.1, 0.15) is 37.1 Å². The number of aromatic nitrogens is 2. The van der Waals surface area contributed by atoms with Crippen LogP contribution < -0.4 is 16.0 Å². The lowest BCUT2D eigenvalue weighted by Crippen LogP contribution is -2.30. The van der Waals surface area contributed by atoms with Crippen molar-refractivity contribution in [1.82, 2.24) is 15.5 Å². The highest BCUT2D eigenvalue weighted by molar-refractivity contribution is 7.80. The molecule has 0 bridgehead atoms. The van der Waals surface area contributed by atoms with E-state index in [0.717, 1.165) is 29.7 Å². The third-order valence-electron chi connectivity index (χ3n) is 3.39. The maximum absolute atomic E-state index is 11.4. The van der Waals surface area contributed by atoms with E-state index < -0.39 is 0 Å². The van der Waals surface area contributed by atoms with Gasteiger partial charge in [-0.05, 0) is 18.4 Å². The number of anilines is 1. The Hall–Kier alpha value is -1.76. The van der Waals surface area contributed by atoms with Gasteiger partial charge in [-0.1, -0.05) is 26.1 Å². The number of nitrogens with zero attached hydrogens (tertiary/aromatic N) is 3. The van der Waals surface area contributed by atoms with E-state index in [2.05, 4.69) is 15.5 Å². The number of carbonyl (C=O) groups excluding carboxylic acids is 1. The van der Waals surface area contributed by atoms with Gasteiger partial charge in [-0.15, -0.1) is 5.10 Å². The van der Waals surface area contributed by atoms with Crippen LogP contribution in [0.4, 0.5) is 5.82 Å². The summed E-state index contributed by atoms with van der Waals surface area (Å²) in [5.74, 6) is 0.619. The van der Waals surface area contributed by atoms with Crippen molar-refractivity contribution in [2.45, 2.75) is 33.1 Å². The topological polar surface area (TPSA) is 84.1 Å². The molecule has 0 aliphatic carbocycles. The fourth-order valence-electron chi connectivity index (χ4n) is 2.19. The van der Waals surface area contributed by atoms with Gasteiger partial charge in [0.1, 0.15) is 4.99 Å². The molecule has 21 heavy (non-hydrogen) atoms. The van der Waals surface area contributed by atoms with Gasteiger partial charge in [0.15, 0.2) is 5.82 Å². The Morgan fingerprint density at radius 3 is 2.48 bits per heavy atom. The summed E-state index contributed by atoms with van der Waals surface area (Å²) in [6.07, 6.45) is 1.96. The molecule has 0 spiro atoms. The molecule has 0 aliphatic heterocycles. The average Bonchev–Trinajstić information content (AvgIpc) is 2.50. The first-order chi connectivity index (χ1) is 9.96. The second kappa shape index (κ2) is 7.87. The molecule has 0 saturated carbocycles. The quantitative estimate of drug-likeness (QED) is 0.725. The van der Waals surface area contributed by atoms with E-state index in [1.165, 1.54) is 0 Å². The summed E-state index contributed by atoms with van der Waals surface area (Å²) in [7, 11) is 3.48. The highest BCUT2D eigenvalue weighted by atomic mass is 32.1. The number of hydrogen-bond acceptors (Lipinski definition) is 5. The van der Waals surface area contributed by atoms with Crippen molar-refractivity contribution >= 4 is 28.9 Å². The highest BCUT2D eigenvalue weighted by Gasteiger charge is 2.19. The Morgan fingerprint density at radius 2 is 2.00 bits per heavy atom. The third kappa shape index (κ3) is 4.10. The van der Waals surface area contributed by atoms with E-state index >= 15 is 0 Å². The van der Waals surface area contributed by atoms with Gasteiger partial charge >= 0.3 is 0 Å². The van der Waals surface area contributed by atoms with Crippen molar-refractivity contribution in [3.8, 4) is 0 Å². The summed E-state index contributed by atoms with van der Waals surface area (Å²) in [4.78, 5) is 13.6. The zero-order chi connectivity index (χ0) is 16.0. The fourth-order valence-corrected chi connectivity index (χ4v) is 2.40. The number of amides is 1. The molecule has 1 amide bonds. The number of nitrogens with one attached hydrogen (secondary N) is 1. The molecule has 1 aromatic rings. The van der Waals surface area contributed by atoms with Gasteiger partial charge in [0.25, 0.3) is 0 Å². The predicted molar refractivity (Wildman–Crippen MR) is 88.6 cm³/mol. The lowest BCUT2D eigenvalue weighted by Gasteiger charge is -2.22. The summed E-state index contributed by atoms with van der Waals surface area (Å²) in [6.45, 7) is 4.60. The summed E-state index contributed by atoms with van der Waals surface area (Å²) in [6, 6.07) is 0. The van der Waals surface area contributed by atoms with Crippen LogP contribution in [0.5, 0.6) is 0 Å². The van der Waals surface area contributed by atoms with Crippen molar-refractivity contribution in [3.05, 3.63) is 16.8 Å². The minimum absolute atomic E-state index is 0.0208. The summed E-state index contributed by atoms with van der Waals surface area (Å²) < 4.78 is 0. The molecule has 0 radical (unpaired) electrons. The van der Waals surface area contributed by atoms with Gasteiger partial charge in [0.05, 0.1) is 11.3 Å². The molecule has 1 heterocycles. The van der Waals surface area contributed by atoms with Gasteiger partial charge in [0, 0.05) is 27.1 Å². The Bertz CT molecular complexity index is 532. The molecule has 0 aromatic carbocycles. The monoisotopic (exact) mass is 309 g/mol. The first-order valence-corrected chi connectivity index (χ1v) is 7.46. The van der Waals surface area contributed by atoms with Crippen LogP contribution in [-0.4, -0.2) is 41.7 Å². The highest BCUT2D eigenvalue weighted by Crippen LogP contribution is 2.23. The van der Waals surface area contributed by atoms with Crippen LogP contribution in [0.15, 0.2) is 0 Å². The molecule has 0 aliphatic rings. The Balaban J connectivity index is 3.17. The molecule has 1 rings (SSSR count). The third-order valence-corrected chi connectivity index (χ3v) is 3.59. The molecule has 3 N–H and O–H groups in total. The lowest BCUT2D eigenvalue weighted by molar-refractivity contribution is -0.120. The van der Waals surface area contributed by atoms with E-state index in [0.29, 0.717) is 23.8 Å². The van der Waals surface area contributed by atoms with Crippen molar-refractivity contribution < 1.29 is 4.79 Å². The van der Waals surface area contributed by atoms with Crippen LogP contribution >= 0.6 is 12.2 Å². The molecular formula is C14H23N5OS. The lowest BCUT2D eigenvalue weighted by atomic mass is 10.0. The fraction of sp³-hybridized carbons (Fsp3) is 0.571. The molecule has 0 fully saturated rings. The maximum Gasteiger partial charge on any atom is 0.221 e. The second-order valence-electron chi connectivity index (χ2n) is 4.74. The molecule has 7 heteroatoms. The maximum atomic E-state index is 11.4. The van der Waals surface area contributed by atoms with Crippen LogP contribution in [-0.2, 0) is 17.6 Å². The van der Waals surface area contributed by atoms with Gasteiger partial charge in [0.2, 0.25) is 5.91 Å². The Kier molecular flexibility index (Phi) is 6.48. The van der Waals surface area contributed by atoms with E-state index in [4.69, 9.17) is 18.0 Å². The SMILES string of the molecule is CCc1nnc(N(C)CCC(=O)NC)c(C(N)=S)c1CC. The van der Waals surface area contributed by atoms with Crippen molar-refractivity contribution in [2.24, 2.45) is 5.73 Å². The van der Waals surface area contributed by atoms with Gasteiger partial charge in [-0.3, -0.25) is 4.79 Å². The summed E-state index contributed by atoms with van der Waals surface area (Å²) in [5.41, 5.74) is 8.63. The number of thiocarbonyl (C=S) groups is 1. The van der Waals surface area contributed by atoms with Crippen molar-refractivity contribution in [3.63, 3.8) is 0 Å². The zero-order valence-electron chi connectivity index (χ0n) is 13.1. The van der Waals surface area contributed by atoms with Crippen LogP contribution in [0.2, 0.25) is 0 Å². The molecule has 1 aromatic heterocycles. The second-order valence-corrected chi connectivity index (χ2v) is 5.18. The predicted octanol–water partition coefficient (Wildman–Crippen LogP) is 0.808. The number of aryl methyl sites for hydroxylation is 1. The summed E-state index contributed by atoms with van der Waals surface area (Å²) in [5, 5.41) is 11.1. The number of carbonyl (C=O) groups is 1. The number of rotatable bonds is 7. The standard InChI is InChI=1S/C14H23N5OS/c1-5-9-10(6-2)17-18-14(12(9)13(15)21)19(4)8-7-11(20)16-3/h5-8H2,1-4H3,(H2,15,21)(H,16,20). The van der Waals surface area contributed by atoms with Gasteiger partial charge in [-0.25, -0.2) is 0 Å². The molecule has 0 saturated heterocycles. The first-order valence-electron chi connectivity index (χ1n) is 7.06. The molecule has 0 atom stereocenters. The molecule has 0 unspecified atom stereocenters. The molecule has 6 nitrogen and oxygen atoms in total. The number of nitrogens with two attached hydrogens (primary N) is 1. The Morgan fingerprint density at radius 1 is 1.33 bits per heavy atom. The normalized spacial score (nSPS) is 10.3. The van der Waals surface area contributed by atoms with E-state index in [9.17, 15) is 4.79 Å². The molecule has 116 valence electrons. The summed E-state index contributed by atoms with van der Waals surface area (Å²) >= 11 is 5.19. The van der Waals surface area contributed by atoms with Crippen molar-refractivity contribution in [1.29, 1.82) is 0 Å². The van der Waals surface area contributed by atoms with E-state index in [1.54, 1.807) is 7.05 Å². The van der Waals surface area contributed by atoms with Crippen LogP contribution in [0, 0.1) is 0 Å². The van der Waals surface area contributed by atoms with Crippen LogP contribution in [0.25, 0.3) is 0 Å². The van der Waals surface area contributed by atoms with E-state index in [1.807, 2.05) is 25.8 Å². The zero-order valence-corrected chi connectivity index (χ0v) is 13.9. The number of hydrogen-bond donors (Lipinski definition) is 2. The van der Waals surface area contributed by atoms with Crippen molar-refractivity contribution in [2.75, 3.05) is 25.5 Å². The largest absolute Gasteiger partial charge is 0.389 e. The molecular weight excluding hydrogens is 286 g/mol. The van der Waals surface area contributed by atoms with Crippen LogP contribution in [0.3, 0.4) is 0 Å². The van der Waals surface area contributed by atoms with Gasteiger partial charge in [-0.2, -0.15) is 5.10 Å². The Labute approximate surface area is 131 Å². The van der Waals surface area contributed by atoms with Gasteiger partial charge < -0.3 is 16.0 Å². The minimum Gasteiger partial charge on any atom is -0.389 e. The minimum atomic E-state index is -0.0208. The average molecular weight is 309 g/mol. The first kappa shape index (κ1) is 17.3. The van der Waals surface area contributed by atoms with E-state index in [-0.39, 0.29) is 5.91 Å².